The molecule has 2 heterocycles. The number of aromatic nitrogens is 2. The maximum atomic E-state index is 11.9. The Morgan fingerprint density at radius 3 is 2.44 bits per heavy atom. The highest BCUT2D eigenvalue weighted by Gasteiger charge is 2.21. The standard InChI is InChI=1S/C23H20BrN3O4S/c1-4-18-19(12-5-7-13(24)8-6-12)20-21(25-11-26-22(20)32-18)27-15-10-17(31-3)16(30-2)9-14(15)23(28)29/h5-11H,4H2,1-3H3,(H,28,29)(H,25,26,27). The molecule has 0 unspecified atom stereocenters. The summed E-state index contributed by atoms with van der Waals surface area (Å²) in [6.45, 7) is 2.10. The van der Waals surface area contributed by atoms with Crippen LogP contribution in [-0.2, 0) is 6.42 Å². The van der Waals surface area contributed by atoms with Gasteiger partial charge in [-0.3, -0.25) is 0 Å². The predicted molar refractivity (Wildman–Crippen MR) is 130 cm³/mol. The molecule has 0 saturated carbocycles. The number of thiophene rings is 1. The number of ether oxygens (including phenoxy) is 2. The second-order valence-electron chi connectivity index (χ2n) is 6.85. The topological polar surface area (TPSA) is 93.6 Å². The average molecular weight is 514 g/mol. The molecule has 4 rings (SSSR count). The van der Waals surface area contributed by atoms with Gasteiger partial charge < -0.3 is 19.9 Å². The first kappa shape index (κ1) is 22.0. The lowest BCUT2D eigenvalue weighted by Gasteiger charge is -2.15. The number of carbonyl (C=O) groups is 1. The molecular weight excluding hydrogens is 494 g/mol. The summed E-state index contributed by atoms with van der Waals surface area (Å²) in [5.41, 5.74) is 2.48. The van der Waals surface area contributed by atoms with Crippen LogP contribution in [0.4, 0.5) is 11.5 Å². The van der Waals surface area contributed by atoms with E-state index in [2.05, 4.69) is 38.1 Å². The normalized spacial score (nSPS) is 10.9. The van der Waals surface area contributed by atoms with Gasteiger partial charge in [-0.05, 0) is 24.1 Å². The van der Waals surface area contributed by atoms with Crippen LogP contribution < -0.4 is 14.8 Å². The third-order valence-electron chi connectivity index (χ3n) is 5.02. The number of benzene rings is 2. The number of rotatable bonds is 7. The van der Waals surface area contributed by atoms with E-state index in [1.807, 2.05) is 24.3 Å². The summed E-state index contributed by atoms with van der Waals surface area (Å²) < 4.78 is 11.6. The minimum atomic E-state index is -1.09. The zero-order valence-corrected chi connectivity index (χ0v) is 20.0. The Hall–Kier alpha value is -3.17. The molecule has 0 radical (unpaired) electrons. The number of nitrogens with one attached hydrogen (secondary N) is 1. The molecule has 0 amide bonds. The molecule has 32 heavy (non-hydrogen) atoms. The number of nitrogens with zero attached hydrogens (tertiary/aromatic N) is 2. The van der Waals surface area contributed by atoms with Gasteiger partial charge in [-0.15, -0.1) is 11.3 Å². The van der Waals surface area contributed by atoms with Crippen LogP contribution in [-0.4, -0.2) is 35.3 Å². The number of methoxy groups -OCH3 is 2. The monoisotopic (exact) mass is 513 g/mol. The van der Waals surface area contributed by atoms with Gasteiger partial charge in [0.1, 0.15) is 17.0 Å². The van der Waals surface area contributed by atoms with E-state index in [4.69, 9.17) is 9.47 Å². The van der Waals surface area contributed by atoms with Gasteiger partial charge in [0.25, 0.3) is 0 Å². The summed E-state index contributed by atoms with van der Waals surface area (Å²) in [7, 11) is 2.97. The van der Waals surface area contributed by atoms with E-state index in [1.54, 1.807) is 17.4 Å². The van der Waals surface area contributed by atoms with Crippen molar-refractivity contribution in [3.63, 3.8) is 0 Å². The van der Waals surface area contributed by atoms with Crippen molar-refractivity contribution in [2.45, 2.75) is 13.3 Å². The summed E-state index contributed by atoms with van der Waals surface area (Å²) in [6.07, 6.45) is 2.32. The van der Waals surface area contributed by atoms with Crippen LogP contribution in [0.5, 0.6) is 11.5 Å². The second-order valence-corrected chi connectivity index (χ2v) is 8.85. The lowest BCUT2D eigenvalue weighted by atomic mass is 10.0. The number of halogens is 1. The van der Waals surface area contributed by atoms with Crippen LogP contribution in [0.3, 0.4) is 0 Å². The lowest BCUT2D eigenvalue weighted by molar-refractivity contribution is 0.0697. The number of carboxylic acids is 1. The molecular formula is C23H20BrN3O4S. The van der Waals surface area contributed by atoms with Gasteiger partial charge in [-0.2, -0.15) is 0 Å². The van der Waals surface area contributed by atoms with E-state index in [-0.39, 0.29) is 5.56 Å². The fourth-order valence-corrected chi connectivity index (χ4v) is 4.90. The highest BCUT2D eigenvalue weighted by molar-refractivity contribution is 9.10. The van der Waals surface area contributed by atoms with E-state index < -0.39 is 5.97 Å². The van der Waals surface area contributed by atoms with Crippen molar-refractivity contribution in [3.05, 3.63) is 57.6 Å². The van der Waals surface area contributed by atoms with E-state index in [9.17, 15) is 9.90 Å². The highest BCUT2D eigenvalue weighted by Crippen LogP contribution is 2.43. The van der Waals surface area contributed by atoms with Crippen molar-refractivity contribution >= 4 is 55.0 Å². The minimum Gasteiger partial charge on any atom is -0.493 e. The maximum Gasteiger partial charge on any atom is 0.337 e. The van der Waals surface area contributed by atoms with Crippen molar-refractivity contribution in [2.75, 3.05) is 19.5 Å². The van der Waals surface area contributed by atoms with Gasteiger partial charge in [0.15, 0.2) is 11.5 Å². The van der Waals surface area contributed by atoms with Crippen LogP contribution >= 0.6 is 27.3 Å². The lowest BCUT2D eigenvalue weighted by Crippen LogP contribution is -2.06. The summed E-state index contributed by atoms with van der Waals surface area (Å²) in [6, 6.07) is 11.1. The van der Waals surface area contributed by atoms with Crippen LogP contribution in [0, 0.1) is 0 Å². The first-order chi connectivity index (χ1) is 15.5. The number of hydrogen-bond acceptors (Lipinski definition) is 7. The number of aromatic carboxylic acids is 1. The Morgan fingerprint density at radius 1 is 1.12 bits per heavy atom. The van der Waals surface area contributed by atoms with Gasteiger partial charge in [0, 0.05) is 27.0 Å². The molecule has 9 heteroatoms. The van der Waals surface area contributed by atoms with Crippen molar-refractivity contribution in [1.29, 1.82) is 0 Å². The third kappa shape index (κ3) is 4.01. The molecule has 0 aliphatic rings. The number of aryl methyl sites for hydroxylation is 1. The summed E-state index contributed by atoms with van der Waals surface area (Å²) >= 11 is 5.10. The summed E-state index contributed by atoms with van der Waals surface area (Å²) in [5.74, 6) is 0.186. The van der Waals surface area contributed by atoms with E-state index in [1.165, 1.54) is 31.5 Å². The number of hydrogen-bond donors (Lipinski definition) is 2. The minimum absolute atomic E-state index is 0.0468. The van der Waals surface area contributed by atoms with Gasteiger partial charge in [0.05, 0.1) is 30.9 Å². The number of fused-ring (bicyclic) bond motifs is 1. The Bertz CT molecular complexity index is 1310. The van der Waals surface area contributed by atoms with Gasteiger partial charge in [0.2, 0.25) is 0 Å². The third-order valence-corrected chi connectivity index (χ3v) is 6.79. The fraction of sp³-hybridized carbons (Fsp3) is 0.174. The van der Waals surface area contributed by atoms with Crippen LogP contribution in [0.15, 0.2) is 47.2 Å². The second kappa shape index (κ2) is 9.13. The molecule has 0 fully saturated rings. The smallest absolute Gasteiger partial charge is 0.337 e. The zero-order valence-electron chi connectivity index (χ0n) is 17.6. The molecule has 164 valence electrons. The van der Waals surface area contributed by atoms with Gasteiger partial charge >= 0.3 is 5.97 Å². The van der Waals surface area contributed by atoms with Crippen molar-refractivity contribution in [3.8, 4) is 22.6 Å². The molecule has 2 N–H and O–H groups in total. The van der Waals surface area contributed by atoms with Crippen LogP contribution in [0.2, 0.25) is 0 Å². The maximum absolute atomic E-state index is 11.9. The highest BCUT2D eigenvalue weighted by atomic mass is 79.9. The summed E-state index contributed by atoms with van der Waals surface area (Å²) in [4.78, 5) is 22.9. The first-order valence-corrected chi connectivity index (χ1v) is 11.4. The molecule has 0 atom stereocenters. The van der Waals surface area contributed by atoms with E-state index >= 15 is 0 Å². The molecule has 0 saturated heterocycles. The SMILES string of the molecule is CCc1sc2ncnc(Nc3cc(OC)c(OC)cc3C(=O)O)c2c1-c1ccc(Br)cc1. The largest absolute Gasteiger partial charge is 0.493 e. The number of carboxylic acid groups (broad SMARTS) is 1. The molecule has 0 bridgehead atoms. The Balaban J connectivity index is 1.92. The predicted octanol–water partition coefficient (Wildman–Crippen LogP) is 6.14. The Labute approximate surface area is 197 Å². The molecule has 2 aromatic heterocycles. The molecule has 0 spiro atoms. The van der Waals surface area contributed by atoms with E-state index in [0.717, 1.165) is 32.2 Å². The molecule has 4 aromatic rings. The zero-order chi connectivity index (χ0) is 22.8. The van der Waals surface area contributed by atoms with Crippen molar-refractivity contribution < 1.29 is 19.4 Å². The first-order valence-electron chi connectivity index (χ1n) is 9.75. The van der Waals surface area contributed by atoms with Crippen LogP contribution in [0.1, 0.15) is 22.2 Å². The van der Waals surface area contributed by atoms with E-state index in [0.29, 0.717) is 23.0 Å². The Kier molecular flexibility index (Phi) is 6.29. The van der Waals surface area contributed by atoms with Gasteiger partial charge in [-0.1, -0.05) is 35.0 Å². The molecule has 2 aromatic carbocycles. The molecule has 0 aliphatic heterocycles. The summed E-state index contributed by atoms with van der Waals surface area (Å²) in [5, 5.41) is 13.8. The fourth-order valence-electron chi connectivity index (χ4n) is 3.53. The molecule has 7 nitrogen and oxygen atoms in total. The van der Waals surface area contributed by atoms with Crippen LogP contribution in [0.25, 0.3) is 21.3 Å². The Morgan fingerprint density at radius 2 is 1.81 bits per heavy atom. The van der Waals surface area contributed by atoms with Gasteiger partial charge in [-0.25, -0.2) is 14.8 Å². The van der Waals surface area contributed by atoms with Crippen molar-refractivity contribution in [1.82, 2.24) is 9.97 Å². The number of anilines is 2. The average Bonchev–Trinajstić information content (AvgIpc) is 3.18. The molecule has 0 aliphatic carbocycles. The quantitative estimate of drug-likeness (QED) is 0.306. The van der Waals surface area contributed by atoms with Crippen molar-refractivity contribution in [2.24, 2.45) is 0 Å².